The average molecular weight is 302 g/mol. The highest BCUT2D eigenvalue weighted by atomic mass is 16.4. The molecule has 1 aromatic carbocycles. The van der Waals surface area contributed by atoms with Gasteiger partial charge in [-0.3, -0.25) is 0 Å². The van der Waals surface area contributed by atoms with Gasteiger partial charge >= 0.3 is 5.97 Å². The summed E-state index contributed by atoms with van der Waals surface area (Å²) in [6, 6.07) is 5.89. The van der Waals surface area contributed by atoms with Crippen LogP contribution in [-0.2, 0) is 10.2 Å². The first-order valence-electron chi connectivity index (χ1n) is 8.28. The van der Waals surface area contributed by atoms with Crippen molar-refractivity contribution in [3.8, 4) is 0 Å². The minimum atomic E-state index is -0.723. The molecule has 0 amide bonds. The molecule has 22 heavy (non-hydrogen) atoms. The monoisotopic (exact) mass is 302 g/mol. The van der Waals surface area contributed by atoms with Crippen molar-refractivity contribution in [2.75, 3.05) is 0 Å². The smallest absolute Gasteiger partial charge is 0.373 e. The van der Waals surface area contributed by atoms with E-state index >= 15 is 0 Å². The fourth-order valence-electron chi connectivity index (χ4n) is 3.39. The maximum absolute atomic E-state index is 11.9. The number of unbranched alkanes of at least 4 members (excludes halogenated alkanes) is 2. The van der Waals surface area contributed by atoms with Crippen molar-refractivity contribution in [2.24, 2.45) is 0 Å². The minimum absolute atomic E-state index is 0.111. The molecule has 0 saturated heterocycles. The Kier molecular flexibility index (Phi) is 4.74. The molecule has 0 aromatic heterocycles. The van der Waals surface area contributed by atoms with Crippen LogP contribution in [0.1, 0.15) is 64.5 Å². The molecule has 0 fully saturated rings. The van der Waals surface area contributed by atoms with E-state index in [1.165, 1.54) is 11.1 Å². The molecule has 2 rings (SSSR count). The van der Waals surface area contributed by atoms with E-state index in [2.05, 4.69) is 57.4 Å². The number of rotatable bonds is 6. The summed E-state index contributed by atoms with van der Waals surface area (Å²) in [6.07, 6.45) is 3.85. The Bertz CT molecular complexity index is 614. The van der Waals surface area contributed by atoms with Crippen LogP contribution in [0.25, 0.3) is 0 Å². The zero-order valence-corrected chi connectivity index (χ0v) is 14.4. The molecule has 0 bridgehead atoms. The van der Waals surface area contributed by atoms with Crippen molar-refractivity contribution in [3.63, 3.8) is 0 Å². The summed E-state index contributed by atoms with van der Waals surface area (Å²) < 4.78 is 2.06. The standard InChI is InChI=1S/C19H27NO2/c1-6-7-8-9-17(18(21)22)20-14(3)19(4,5)15-12-13(2)10-11-16(15)20/h10-12,17H,6-9H2,1-5H3/p+1. The lowest BCUT2D eigenvalue weighted by atomic mass is 9.82. The highest BCUT2D eigenvalue weighted by Gasteiger charge is 2.47. The molecule has 1 N–H and O–H groups in total. The SMILES string of the molecule is CCCCCC(C(=O)O)[N+]1=C(C)C(C)(C)c2cc(C)ccc21. The number of aryl methyl sites for hydroxylation is 1. The van der Waals surface area contributed by atoms with Crippen LogP contribution in [0.3, 0.4) is 0 Å². The number of carbonyl (C=O) groups is 1. The van der Waals surface area contributed by atoms with E-state index in [-0.39, 0.29) is 5.41 Å². The van der Waals surface area contributed by atoms with Gasteiger partial charge in [-0.2, -0.15) is 4.58 Å². The predicted octanol–water partition coefficient (Wildman–Crippen LogP) is 4.42. The van der Waals surface area contributed by atoms with Crippen LogP contribution >= 0.6 is 0 Å². The Labute approximate surface area is 133 Å². The second-order valence-electron chi connectivity index (χ2n) is 6.95. The van der Waals surface area contributed by atoms with E-state index in [1.807, 2.05) is 0 Å². The van der Waals surface area contributed by atoms with Crippen LogP contribution in [0.4, 0.5) is 5.69 Å². The Morgan fingerprint density at radius 3 is 2.55 bits per heavy atom. The molecule has 0 spiro atoms. The third-order valence-electron chi connectivity index (χ3n) is 5.03. The number of hydrogen-bond acceptors (Lipinski definition) is 1. The number of carboxylic acid groups (broad SMARTS) is 1. The lowest BCUT2D eigenvalue weighted by Crippen LogP contribution is -2.36. The van der Waals surface area contributed by atoms with Gasteiger partial charge < -0.3 is 5.11 Å². The van der Waals surface area contributed by atoms with E-state index in [0.29, 0.717) is 6.42 Å². The topological polar surface area (TPSA) is 40.3 Å². The summed E-state index contributed by atoms with van der Waals surface area (Å²) in [5.41, 5.74) is 4.56. The van der Waals surface area contributed by atoms with Gasteiger partial charge in [0.25, 0.3) is 6.04 Å². The third-order valence-corrected chi connectivity index (χ3v) is 5.03. The quantitative estimate of drug-likeness (QED) is 0.624. The normalized spacial score (nSPS) is 17.5. The molecule has 1 unspecified atom stereocenters. The molecule has 0 radical (unpaired) electrons. The molecule has 0 aliphatic carbocycles. The van der Waals surface area contributed by atoms with E-state index in [1.54, 1.807) is 0 Å². The molecule has 1 aromatic rings. The molecule has 1 aliphatic rings. The largest absolute Gasteiger partial charge is 0.476 e. The molecule has 1 heterocycles. The molecule has 0 saturated carbocycles. The van der Waals surface area contributed by atoms with E-state index in [9.17, 15) is 9.90 Å². The third kappa shape index (κ3) is 2.81. The van der Waals surface area contributed by atoms with Crippen molar-refractivity contribution < 1.29 is 14.5 Å². The highest BCUT2D eigenvalue weighted by Crippen LogP contribution is 2.41. The molecule has 3 heteroatoms. The predicted molar refractivity (Wildman–Crippen MR) is 90.4 cm³/mol. The minimum Gasteiger partial charge on any atom is -0.476 e. The summed E-state index contributed by atoms with van der Waals surface area (Å²) in [5, 5.41) is 9.75. The lowest BCUT2D eigenvalue weighted by molar-refractivity contribution is -0.472. The summed E-state index contributed by atoms with van der Waals surface area (Å²) in [7, 11) is 0. The second kappa shape index (κ2) is 6.23. The van der Waals surface area contributed by atoms with Crippen molar-refractivity contribution in [3.05, 3.63) is 29.3 Å². The molecule has 1 atom stereocenters. The summed E-state index contributed by atoms with van der Waals surface area (Å²) in [6.45, 7) is 10.7. The maximum Gasteiger partial charge on any atom is 0.373 e. The molecular formula is C19H28NO2+. The Hall–Kier alpha value is -1.64. The van der Waals surface area contributed by atoms with Crippen LogP contribution in [0.5, 0.6) is 0 Å². The Balaban J connectivity index is 2.48. The molecular weight excluding hydrogens is 274 g/mol. The molecule has 120 valence electrons. The van der Waals surface area contributed by atoms with Crippen LogP contribution in [0.15, 0.2) is 18.2 Å². The summed E-state index contributed by atoms with van der Waals surface area (Å²) in [5.74, 6) is -0.723. The highest BCUT2D eigenvalue weighted by molar-refractivity contribution is 5.94. The van der Waals surface area contributed by atoms with Crippen LogP contribution in [0, 0.1) is 6.92 Å². The number of hydrogen-bond donors (Lipinski definition) is 1. The van der Waals surface area contributed by atoms with Crippen molar-refractivity contribution >= 4 is 17.4 Å². The maximum atomic E-state index is 11.9. The van der Waals surface area contributed by atoms with Gasteiger partial charge in [0.05, 0.1) is 5.41 Å². The van der Waals surface area contributed by atoms with Gasteiger partial charge in [-0.05, 0) is 33.3 Å². The van der Waals surface area contributed by atoms with E-state index in [0.717, 1.165) is 30.7 Å². The van der Waals surface area contributed by atoms with Crippen molar-refractivity contribution in [2.45, 2.75) is 71.8 Å². The van der Waals surface area contributed by atoms with Gasteiger partial charge in [0.15, 0.2) is 5.71 Å². The Morgan fingerprint density at radius 1 is 1.27 bits per heavy atom. The van der Waals surface area contributed by atoms with Crippen LogP contribution < -0.4 is 0 Å². The second-order valence-corrected chi connectivity index (χ2v) is 6.95. The van der Waals surface area contributed by atoms with Gasteiger partial charge in [-0.25, -0.2) is 4.79 Å². The van der Waals surface area contributed by atoms with Gasteiger partial charge in [0.1, 0.15) is 0 Å². The number of benzene rings is 1. The molecule has 1 aliphatic heterocycles. The van der Waals surface area contributed by atoms with Crippen molar-refractivity contribution in [1.82, 2.24) is 0 Å². The van der Waals surface area contributed by atoms with Gasteiger partial charge in [-0.15, -0.1) is 0 Å². The zero-order valence-electron chi connectivity index (χ0n) is 14.4. The summed E-state index contributed by atoms with van der Waals surface area (Å²) >= 11 is 0. The van der Waals surface area contributed by atoms with E-state index < -0.39 is 12.0 Å². The first-order chi connectivity index (χ1) is 10.3. The first-order valence-corrected chi connectivity index (χ1v) is 8.28. The van der Waals surface area contributed by atoms with Gasteiger partial charge in [0.2, 0.25) is 5.69 Å². The van der Waals surface area contributed by atoms with Gasteiger partial charge in [0, 0.05) is 25.0 Å². The van der Waals surface area contributed by atoms with Gasteiger partial charge in [-0.1, -0.05) is 31.4 Å². The van der Waals surface area contributed by atoms with E-state index in [4.69, 9.17) is 0 Å². The summed E-state index contributed by atoms with van der Waals surface area (Å²) in [4.78, 5) is 11.9. The van der Waals surface area contributed by atoms with Crippen LogP contribution in [-0.4, -0.2) is 27.4 Å². The average Bonchev–Trinajstić information content (AvgIpc) is 2.64. The zero-order chi connectivity index (χ0) is 16.5. The fourth-order valence-corrected chi connectivity index (χ4v) is 3.39. The number of fused-ring (bicyclic) bond motifs is 1. The number of carboxylic acids is 1. The fraction of sp³-hybridized carbons (Fsp3) is 0.579. The van der Waals surface area contributed by atoms with Crippen molar-refractivity contribution in [1.29, 1.82) is 0 Å². The number of aliphatic carboxylic acids is 1. The Morgan fingerprint density at radius 2 is 1.95 bits per heavy atom. The van der Waals surface area contributed by atoms with Crippen LogP contribution in [0.2, 0.25) is 0 Å². The molecule has 3 nitrogen and oxygen atoms in total. The lowest BCUT2D eigenvalue weighted by Gasteiger charge is -2.15. The number of nitrogens with zero attached hydrogens (tertiary/aromatic N) is 1. The first kappa shape index (κ1) is 16.7.